The number of H-pyrrole nitrogens is 2. The lowest BCUT2D eigenvalue weighted by Crippen LogP contribution is -2.18. The fraction of sp³-hybridized carbons (Fsp3) is 0.261. The number of carbonyl (C=O) groups is 2. The van der Waals surface area contributed by atoms with Gasteiger partial charge in [-0.05, 0) is 45.4 Å². The zero-order chi connectivity index (χ0) is 23.7. The highest BCUT2D eigenvalue weighted by Crippen LogP contribution is 2.27. The van der Waals surface area contributed by atoms with E-state index < -0.39 is 11.2 Å². The molecule has 0 radical (unpaired) electrons. The largest absolute Gasteiger partial charge is 0.462 e. The lowest BCUT2D eigenvalue weighted by Gasteiger charge is -2.10. The number of esters is 1. The van der Waals surface area contributed by atoms with Gasteiger partial charge in [0.25, 0.3) is 5.56 Å². The molecular weight excluding hydrogens is 442 g/mol. The van der Waals surface area contributed by atoms with E-state index in [1.165, 1.54) is 6.20 Å². The number of carbonyl (C=O) groups excluding carboxylic acids is 2. The molecule has 4 aromatic rings. The molecule has 10 heteroatoms. The van der Waals surface area contributed by atoms with Crippen molar-refractivity contribution in [2.24, 2.45) is 0 Å². The Morgan fingerprint density at radius 2 is 1.91 bits per heavy atom. The number of aromatic nitrogens is 5. The van der Waals surface area contributed by atoms with Gasteiger partial charge in [-0.15, -0.1) is 0 Å². The minimum absolute atomic E-state index is 0.213. The summed E-state index contributed by atoms with van der Waals surface area (Å²) < 4.78 is 6.69. The summed E-state index contributed by atoms with van der Waals surface area (Å²) in [6, 6.07) is 9.37. The molecule has 1 atom stereocenters. The summed E-state index contributed by atoms with van der Waals surface area (Å²) in [5, 5.41) is 4.38. The monoisotopic (exact) mass is 465 g/mol. The molecule has 170 valence electrons. The van der Waals surface area contributed by atoms with Crippen LogP contribution in [0.2, 0.25) is 0 Å². The van der Waals surface area contributed by atoms with Crippen LogP contribution in [-0.2, 0) is 4.74 Å². The van der Waals surface area contributed by atoms with E-state index >= 15 is 0 Å². The summed E-state index contributed by atoms with van der Waals surface area (Å²) in [5.41, 5.74) is 2.68. The maximum Gasteiger partial charge on any atom is 0.340 e. The van der Waals surface area contributed by atoms with Crippen molar-refractivity contribution in [3.8, 4) is 5.69 Å². The summed E-state index contributed by atoms with van der Waals surface area (Å²) >= 11 is 1.13. The van der Waals surface area contributed by atoms with Crippen LogP contribution in [0.1, 0.15) is 46.0 Å². The van der Waals surface area contributed by atoms with Gasteiger partial charge in [-0.3, -0.25) is 9.59 Å². The van der Waals surface area contributed by atoms with Crippen LogP contribution < -0.4 is 5.56 Å². The number of hydrogen-bond donors (Lipinski definition) is 2. The summed E-state index contributed by atoms with van der Waals surface area (Å²) in [4.78, 5) is 48.3. The molecule has 0 saturated carbocycles. The van der Waals surface area contributed by atoms with E-state index in [0.717, 1.165) is 17.4 Å². The molecule has 33 heavy (non-hydrogen) atoms. The first-order valence-corrected chi connectivity index (χ1v) is 11.3. The van der Waals surface area contributed by atoms with Gasteiger partial charge in [-0.2, -0.15) is 5.10 Å². The first-order valence-electron chi connectivity index (χ1n) is 10.4. The average Bonchev–Trinajstić information content (AvgIpc) is 3.34. The summed E-state index contributed by atoms with van der Waals surface area (Å²) in [5.74, 6) is -0.677. The number of aromatic amines is 2. The third kappa shape index (κ3) is 4.21. The Morgan fingerprint density at radius 3 is 2.61 bits per heavy atom. The Balaban J connectivity index is 1.64. The van der Waals surface area contributed by atoms with Crippen LogP contribution in [0.3, 0.4) is 0 Å². The van der Waals surface area contributed by atoms with Crippen molar-refractivity contribution >= 4 is 34.5 Å². The van der Waals surface area contributed by atoms with Crippen LogP contribution >= 0.6 is 11.8 Å². The lowest BCUT2D eigenvalue weighted by atomic mass is 10.1. The number of thioether (sulfide) groups is 1. The zero-order valence-electron chi connectivity index (χ0n) is 18.6. The van der Waals surface area contributed by atoms with Crippen LogP contribution in [0, 0.1) is 13.8 Å². The highest BCUT2D eigenvalue weighted by molar-refractivity contribution is 8.00. The SMILES string of the molecule is CCOC(=O)c1c(C)[nH]c(C(=O)[C@H](C)Sc2nc3c(cnn3-c3ccccc3)c(=O)[nH]2)c1C. The van der Waals surface area contributed by atoms with Crippen molar-refractivity contribution in [3.63, 3.8) is 0 Å². The first kappa shape index (κ1) is 22.5. The van der Waals surface area contributed by atoms with E-state index in [2.05, 4.69) is 20.1 Å². The fourth-order valence-corrected chi connectivity index (χ4v) is 4.49. The van der Waals surface area contributed by atoms with E-state index in [1.807, 2.05) is 30.3 Å². The van der Waals surface area contributed by atoms with E-state index in [0.29, 0.717) is 38.7 Å². The van der Waals surface area contributed by atoms with Crippen LogP contribution in [0.5, 0.6) is 0 Å². The number of ketones is 1. The van der Waals surface area contributed by atoms with E-state index in [1.54, 1.807) is 32.4 Å². The molecule has 0 saturated heterocycles. The molecule has 0 amide bonds. The van der Waals surface area contributed by atoms with Gasteiger partial charge in [-0.25, -0.2) is 14.5 Å². The number of nitrogens with zero attached hydrogens (tertiary/aromatic N) is 3. The predicted molar refractivity (Wildman–Crippen MR) is 125 cm³/mol. The Kier molecular flexibility index (Phi) is 6.19. The molecular formula is C23H23N5O4S. The quantitative estimate of drug-likeness (QED) is 0.185. The van der Waals surface area contributed by atoms with Crippen molar-refractivity contribution < 1.29 is 14.3 Å². The van der Waals surface area contributed by atoms with Gasteiger partial charge in [0.1, 0.15) is 5.39 Å². The smallest absolute Gasteiger partial charge is 0.340 e. The zero-order valence-corrected chi connectivity index (χ0v) is 19.4. The number of nitrogens with one attached hydrogen (secondary N) is 2. The number of benzene rings is 1. The topological polar surface area (TPSA) is 123 Å². The first-order chi connectivity index (χ1) is 15.8. The van der Waals surface area contributed by atoms with Crippen LogP contribution in [-0.4, -0.2) is 48.3 Å². The second kappa shape index (κ2) is 9.07. The molecule has 4 rings (SSSR count). The summed E-state index contributed by atoms with van der Waals surface area (Å²) in [6.45, 7) is 7.15. The van der Waals surface area contributed by atoms with Crippen molar-refractivity contribution in [1.82, 2.24) is 24.7 Å². The molecule has 1 aromatic carbocycles. The van der Waals surface area contributed by atoms with Gasteiger partial charge in [0, 0.05) is 5.69 Å². The van der Waals surface area contributed by atoms with Crippen LogP contribution in [0.15, 0.2) is 46.5 Å². The van der Waals surface area contributed by atoms with Crippen molar-refractivity contribution in [2.45, 2.75) is 38.1 Å². The number of fused-ring (bicyclic) bond motifs is 1. The minimum Gasteiger partial charge on any atom is -0.462 e. The Hall–Kier alpha value is -3.66. The van der Waals surface area contributed by atoms with Crippen molar-refractivity contribution in [3.05, 3.63) is 69.4 Å². The third-order valence-electron chi connectivity index (χ3n) is 5.24. The Bertz CT molecular complexity index is 1400. The molecule has 2 N–H and O–H groups in total. The van der Waals surface area contributed by atoms with Crippen LogP contribution in [0.25, 0.3) is 16.7 Å². The van der Waals surface area contributed by atoms with Gasteiger partial charge in [-0.1, -0.05) is 30.0 Å². The van der Waals surface area contributed by atoms with Gasteiger partial charge < -0.3 is 14.7 Å². The summed E-state index contributed by atoms with van der Waals surface area (Å²) in [7, 11) is 0. The van der Waals surface area contributed by atoms with Gasteiger partial charge in [0.2, 0.25) is 0 Å². The minimum atomic E-state index is -0.578. The molecule has 3 aromatic heterocycles. The third-order valence-corrected chi connectivity index (χ3v) is 6.22. The van der Waals surface area contributed by atoms with Crippen molar-refractivity contribution in [1.29, 1.82) is 0 Å². The second-order valence-electron chi connectivity index (χ2n) is 7.47. The number of Topliss-reactive ketones (excluding diaryl/α,β-unsaturated/α-hetero) is 1. The van der Waals surface area contributed by atoms with E-state index in [4.69, 9.17) is 4.74 Å². The van der Waals surface area contributed by atoms with Crippen LogP contribution in [0.4, 0.5) is 0 Å². The molecule has 0 unspecified atom stereocenters. The number of para-hydroxylation sites is 1. The molecule has 3 heterocycles. The molecule has 0 bridgehead atoms. The molecule has 0 aliphatic carbocycles. The highest BCUT2D eigenvalue weighted by atomic mass is 32.2. The van der Waals surface area contributed by atoms with Gasteiger partial charge in [0.05, 0.1) is 35.0 Å². The second-order valence-corrected chi connectivity index (χ2v) is 8.80. The lowest BCUT2D eigenvalue weighted by molar-refractivity contribution is 0.0525. The number of aryl methyl sites for hydroxylation is 1. The van der Waals surface area contributed by atoms with Crippen molar-refractivity contribution in [2.75, 3.05) is 6.61 Å². The average molecular weight is 466 g/mol. The molecule has 0 fully saturated rings. The maximum absolute atomic E-state index is 13.2. The number of ether oxygens (including phenoxy) is 1. The Labute approximate surface area is 193 Å². The molecule has 0 spiro atoms. The van der Waals surface area contributed by atoms with Gasteiger partial charge >= 0.3 is 5.97 Å². The van der Waals surface area contributed by atoms with E-state index in [-0.39, 0.29) is 17.9 Å². The molecule has 9 nitrogen and oxygen atoms in total. The fourth-order valence-electron chi connectivity index (χ4n) is 3.64. The maximum atomic E-state index is 13.2. The standard InChI is InChI=1S/C23H23N5O4S/c1-5-32-22(31)17-12(2)18(25-13(17)3)19(29)14(4)33-23-26-20-16(21(30)27-23)11-24-28(20)15-9-7-6-8-10-15/h6-11,14,25H,5H2,1-4H3,(H,26,27,30)/t14-/m0/s1. The molecule has 0 aliphatic heterocycles. The predicted octanol–water partition coefficient (Wildman–Crippen LogP) is 3.59. The summed E-state index contributed by atoms with van der Waals surface area (Å²) in [6.07, 6.45) is 1.47. The molecule has 0 aliphatic rings. The normalized spacial score (nSPS) is 12.1. The van der Waals surface area contributed by atoms with E-state index in [9.17, 15) is 14.4 Å². The van der Waals surface area contributed by atoms with Gasteiger partial charge in [0.15, 0.2) is 16.6 Å². The highest BCUT2D eigenvalue weighted by Gasteiger charge is 2.27. The number of rotatable bonds is 7. The number of hydrogen-bond acceptors (Lipinski definition) is 7. The Morgan fingerprint density at radius 1 is 1.18 bits per heavy atom.